The molecule has 0 radical (unpaired) electrons. The summed E-state index contributed by atoms with van der Waals surface area (Å²) in [4.78, 5) is 24.8. The smallest absolute Gasteiger partial charge is 0.355 e. The Hall–Kier alpha value is -2.76. The van der Waals surface area contributed by atoms with Crippen molar-refractivity contribution in [2.45, 2.75) is 6.92 Å². The van der Waals surface area contributed by atoms with E-state index < -0.39 is 5.97 Å². The van der Waals surface area contributed by atoms with Gasteiger partial charge in [-0.3, -0.25) is 4.57 Å². The van der Waals surface area contributed by atoms with Crippen LogP contribution in [0.1, 0.15) is 17.4 Å². The number of likely N-dealkylation sites (N-methyl/N-ethyl adjacent to an activating group) is 1. The van der Waals surface area contributed by atoms with Gasteiger partial charge in [-0.05, 0) is 43.3 Å². The summed E-state index contributed by atoms with van der Waals surface area (Å²) in [7, 11) is 3.39. The zero-order valence-electron chi connectivity index (χ0n) is 13.5. The van der Waals surface area contributed by atoms with Gasteiger partial charge in [-0.15, -0.1) is 0 Å². The van der Waals surface area contributed by atoms with Crippen LogP contribution in [0.15, 0.2) is 36.4 Å². The fourth-order valence-electron chi connectivity index (χ4n) is 2.30. The molecule has 0 aliphatic rings. The summed E-state index contributed by atoms with van der Waals surface area (Å²) in [6, 6.07) is 10.8. The average Bonchev–Trinajstić information content (AvgIpc) is 3.00. The van der Waals surface area contributed by atoms with Gasteiger partial charge in [0, 0.05) is 12.7 Å². The Bertz CT molecular complexity index is 676. The van der Waals surface area contributed by atoms with E-state index >= 15 is 0 Å². The minimum absolute atomic E-state index is 0.225. The third-order valence-corrected chi connectivity index (χ3v) is 3.41. The lowest BCUT2D eigenvalue weighted by molar-refractivity contribution is -0.106. The largest absolute Gasteiger partial charge is 0.497 e. The van der Waals surface area contributed by atoms with Crippen LogP contribution >= 0.6 is 0 Å². The molecule has 122 valence electrons. The Morgan fingerprint density at radius 2 is 1.91 bits per heavy atom. The summed E-state index contributed by atoms with van der Waals surface area (Å²) >= 11 is 0. The number of carbonyl (C=O) groups excluding carboxylic acids is 2. The van der Waals surface area contributed by atoms with Crippen LogP contribution in [0.3, 0.4) is 0 Å². The predicted octanol–water partition coefficient (Wildman–Crippen LogP) is 2.30. The van der Waals surface area contributed by atoms with E-state index in [1.165, 1.54) is 0 Å². The summed E-state index contributed by atoms with van der Waals surface area (Å²) in [5.41, 5.74) is 1.19. The molecule has 0 unspecified atom stereocenters. The highest BCUT2D eigenvalue weighted by atomic mass is 16.5. The first-order chi connectivity index (χ1) is 11.1. The maximum Gasteiger partial charge on any atom is 0.355 e. The minimum Gasteiger partial charge on any atom is -0.497 e. The first-order valence-electron chi connectivity index (χ1n) is 7.30. The third kappa shape index (κ3) is 3.53. The van der Waals surface area contributed by atoms with Gasteiger partial charge in [0.15, 0.2) is 0 Å². The Labute approximate surface area is 135 Å². The van der Waals surface area contributed by atoms with Crippen LogP contribution in [-0.4, -0.2) is 44.1 Å². The molecule has 0 spiro atoms. The van der Waals surface area contributed by atoms with Crippen molar-refractivity contribution in [1.29, 1.82) is 0 Å². The second-order valence-corrected chi connectivity index (χ2v) is 4.88. The highest BCUT2D eigenvalue weighted by molar-refractivity contribution is 5.90. The van der Waals surface area contributed by atoms with Crippen molar-refractivity contribution in [3.63, 3.8) is 0 Å². The molecule has 23 heavy (non-hydrogen) atoms. The van der Waals surface area contributed by atoms with E-state index in [1.807, 2.05) is 24.3 Å². The Kier molecular flexibility index (Phi) is 5.41. The molecule has 6 nitrogen and oxygen atoms in total. The molecule has 0 saturated heterocycles. The maximum absolute atomic E-state index is 12.2. The highest BCUT2D eigenvalue weighted by Gasteiger charge is 2.19. The molecule has 2 rings (SSSR count). The van der Waals surface area contributed by atoms with E-state index in [1.54, 1.807) is 42.7 Å². The molecule has 0 fully saturated rings. The van der Waals surface area contributed by atoms with Crippen LogP contribution in [0.25, 0.3) is 5.69 Å². The summed E-state index contributed by atoms with van der Waals surface area (Å²) in [5.74, 6) is 1.04. The maximum atomic E-state index is 12.2. The quantitative estimate of drug-likeness (QED) is 0.579. The predicted molar refractivity (Wildman–Crippen MR) is 87.6 cm³/mol. The monoisotopic (exact) mass is 316 g/mol. The van der Waals surface area contributed by atoms with Gasteiger partial charge in [-0.2, -0.15) is 0 Å². The van der Waals surface area contributed by atoms with E-state index in [0.29, 0.717) is 12.3 Å². The van der Waals surface area contributed by atoms with E-state index in [9.17, 15) is 9.59 Å². The summed E-state index contributed by atoms with van der Waals surface area (Å²) in [6.45, 7) is 2.28. The zero-order chi connectivity index (χ0) is 16.8. The number of hydrogen-bond acceptors (Lipinski definition) is 5. The number of nitrogens with zero attached hydrogens (tertiary/aromatic N) is 2. The van der Waals surface area contributed by atoms with Gasteiger partial charge in [0.25, 0.3) is 0 Å². The second-order valence-electron chi connectivity index (χ2n) is 4.88. The lowest BCUT2D eigenvalue weighted by atomic mass is 10.3. The number of hydrogen-bond donors (Lipinski definition) is 0. The van der Waals surface area contributed by atoms with Crippen LogP contribution in [0.2, 0.25) is 0 Å². The van der Waals surface area contributed by atoms with Gasteiger partial charge in [-0.1, -0.05) is 0 Å². The number of esters is 1. The topological polar surface area (TPSA) is 60.8 Å². The zero-order valence-corrected chi connectivity index (χ0v) is 13.5. The van der Waals surface area contributed by atoms with Crippen LogP contribution < -0.4 is 9.64 Å². The molecule has 0 atom stereocenters. The summed E-state index contributed by atoms with van der Waals surface area (Å²) in [5, 5.41) is 0. The van der Waals surface area contributed by atoms with Gasteiger partial charge in [0.05, 0.1) is 20.3 Å². The molecule has 0 N–H and O–H groups in total. The average molecular weight is 316 g/mol. The summed E-state index contributed by atoms with van der Waals surface area (Å²) < 4.78 is 12.0. The van der Waals surface area contributed by atoms with Crippen molar-refractivity contribution in [3.8, 4) is 11.4 Å². The second kappa shape index (κ2) is 7.49. The molecule has 0 amide bonds. The summed E-state index contributed by atoms with van der Waals surface area (Å²) in [6.07, 6.45) is 0.815. The number of rotatable bonds is 7. The molecule has 1 heterocycles. The van der Waals surface area contributed by atoms with Crippen molar-refractivity contribution < 1.29 is 19.1 Å². The molecular formula is C17H20N2O4. The lowest BCUT2D eigenvalue weighted by Gasteiger charge is -2.20. The van der Waals surface area contributed by atoms with Crippen LogP contribution in [0, 0.1) is 0 Å². The third-order valence-electron chi connectivity index (χ3n) is 3.41. The Balaban J connectivity index is 2.52. The molecule has 1 aromatic carbocycles. The number of methoxy groups -OCH3 is 1. The number of anilines is 1. The van der Waals surface area contributed by atoms with Crippen molar-refractivity contribution in [2.24, 2.45) is 0 Å². The highest BCUT2D eigenvalue weighted by Crippen LogP contribution is 2.26. The van der Waals surface area contributed by atoms with Crippen molar-refractivity contribution in [2.75, 3.05) is 32.2 Å². The minimum atomic E-state index is -0.408. The molecule has 0 bridgehead atoms. The number of aldehydes is 1. The van der Waals surface area contributed by atoms with E-state index in [-0.39, 0.29) is 6.54 Å². The Morgan fingerprint density at radius 3 is 2.48 bits per heavy atom. The van der Waals surface area contributed by atoms with Crippen molar-refractivity contribution >= 4 is 18.1 Å². The standard InChI is InChI=1S/C17H20N2O4/c1-4-23-17(21)15-9-10-16(18(2)11-12-20)19(15)13-5-7-14(22-3)8-6-13/h5-10,12H,4,11H2,1-3H3. The van der Waals surface area contributed by atoms with Crippen molar-refractivity contribution in [3.05, 3.63) is 42.1 Å². The number of aromatic nitrogens is 1. The first kappa shape index (κ1) is 16.6. The molecular weight excluding hydrogens is 296 g/mol. The molecule has 0 aliphatic carbocycles. The Morgan fingerprint density at radius 1 is 1.22 bits per heavy atom. The SMILES string of the molecule is CCOC(=O)c1ccc(N(C)CC=O)n1-c1ccc(OC)cc1. The fourth-order valence-corrected chi connectivity index (χ4v) is 2.30. The molecule has 0 saturated carbocycles. The first-order valence-corrected chi connectivity index (χ1v) is 7.30. The van der Waals surface area contributed by atoms with Gasteiger partial charge in [0.2, 0.25) is 0 Å². The normalized spacial score (nSPS) is 10.2. The number of ether oxygens (including phenoxy) is 2. The van der Waals surface area contributed by atoms with Gasteiger partial charge >= 0.3 is 5.97 Å². The lowest BCUT2D eigenvalue weighted by Crippen LogP contribution is -2.23. The molecule has 1 aromatic heterocycles. The fraction of sp³-hybridized carbons (Fsp3) is 0.294. The van der Waals surface area contributed by atoms with E-state index in [0.717, 1.165) is 23.5 Å². The van der Waals surface area contributed by atoms with E-state index in [2.05, 4.69) is 0 Å². The van der Waals surface area contributed by atoms with Crippen LogP contribution in [0.4, 0.5) is 5.82 Å². The van der Waals surface area contributed by atoms with E-state index in [4.69, 9.17) is 9.47 Å². The van der Waals surface area contributed by atoms with Gasteiger partial charge in [-0.25, -0.2) is 4.79 Å². The molecule has 6 heteroatoms. The molecule has 0 aliphatic heterocycles. The number of benzene rings is 1. The molecule has 2 aromatic rings. The van der Waals surface area contributed by atoms with Crippen LogP contribution in [-0.2, 0) is 9.53 Å². The van der Waals surface area contributed by atoms with Crippen LogP contribution in [0.5, 0.6) is 5.75 Å². The number of carbonyl (C=O) groups is 2. The van der Waals surface area contributed by atoms with Gasteiger partial charge < -0.3 is 19.2 Å². The van der Waals surface area contributed by atoms with Gasteiger partial charge in [0.1, 0.15) is 23.5 Å². The van der Waals surface area contributed by atoms with Crippen molar-refractivity contribution in [1.82, 2.24) is 4.57 Å².